The second-order valence-electron chi connectivity index (χ2n) is 4.35. The molecule has 5 nitrogen and oxygen atoms in total. The molecule has 0 aliphatic carbocycles. The maximum absolute atomic E-state index is 11.4. The van der Waals surface area contributed by atoms with Gasteiger partial charge in [-0.25, -0.2) is 8.42 Å². The molecule has 0 spiro atoms. The van der Waals surface area contributed by atoms with Gasteiger partial charge in [0.15, 0.2) is 9.84 Å². The van der Waals surface area contributed by atoms with E-state index in [2.05, 4.69) is 5.10 Å². The number of aromatic nitrogens is 2. The van der Waals surface area contributed by atoms with Crippen molar-refractivity contribution in [1.82, 2.24) is 9.78 Å². The number of aryl methyl sites for hydroxylation is 1. The Morgan fingerprint density at radius 1 is 1.50 bits per heavy atom. The Morgan fingerprint density at radius 2 is 2.19 bits per heavy atom. The quantitative estimate of drug-likeness (QED) is 0.811. The lowest BCUT2D eigenvalue weighted by atomic mass is 10.2. The highest BCUT2D eigenvalue weighted by atomic mass is 32.2. The second-order valence-corrected chi connectivity index (χ2v) is 6.58. The van der Waals surface area contributed by atoms with Gasteiger partial charge in [0.05, 0.1) is 23.2 Å². The number of nitrogens with zero attached hydrogens (tertiary/aromatic N) is 2. The average molecular weight is 243 g/mol. The van der Waals surface area contributed by atoms with Crippen LogP contribution in [0.2, 0.25) is 0 Å². The Morgan fingerprint density at radius 3 is 2.62 bits per heavy atom. The van der Waals surface area contributed by atoms with E-state index in [9.17, 15) is 8.42 Å². The molecule has 1 aromatic heterocycles. The minimum Gasteiger partial charge on any atom is -0.326 e. The Bertz CT molecular complexity index is 504. The predicted octanol–water partition coefficient (Wildman–Crippen LogP) is 0.318. The van der Waals surface area contributed by atoms with Gasteiger partial charge in [-0.15, -0.1) is 0 Å². The fraction of sp³-hybridized carbons (Fsp3) is 0.700. The molecular weight excluding hydrogens is 226 g/mol. The van der Waals surface area contributed by atoms with Crippen LogP contribution < -0.4 is 5.73 Å². The lowest BCUT2D eigenvalue weighted by Crippen LogP contribution is -2.14. The summed E-state index contributed by atoms with van der Waals surface area (Å²) in [5.41, 5.74) is 8.59. The largest absolute Gasteiger partial charge is 0.326 e. The first-order chi connectivity index (χ1) is 7.44. The SMILES string of the molecule is Cc1nn(C2CCS(=O)(=O)C2)c(C)c1CN. The van der Waals surface area contributed by atoms with Crippen LogP contribution in [0, 0.1) is 13.8 Å². The van der Waals surface area contributed by atoms with E-state index >= 15 is 0 Å². The summed E-state index contributed by atoms with van der Waals surface area (Å²) in [6.07, 6.45) is 0.661. The lowest BCUT2D eigenvalue weighted by molar-refractivity contribution is 0.485. The first-order valence-corrected chi connectivity index (χ1v) is 7.22. The van der Waals surface area contributed by atoms with Crippen LogP contribution in [0.5, 0.6) is 0 Å². The van der Waals surface area contributed by atoms with Crippen molar-refractivity contribution >= 4 is 9.84 Å². The number of hydrogen-bond acceptors (Lipinski definition) is 4. The summed E-state index contributed by atoms with van der Waals surface area (Å²) in [5, 5.41) is 4.40. The normalized spacial score (nSPS) is 23.8. The van der Waals surface area contributed by atoms with Gasteiger partial charge in [0, 0.05) is 17.8 Å². The molecule has 0 radical (unpaired) electrons. The van der Waals surface area contributed by atoms with Crippen molar-refractivity contribution in [3.8, 4) is 0 Å². The van der Waals surface area contributed by atoms with Gasteiger partial charge in [-0.1, -0.05) is 0 Å². The Kier molecular flexibility index (Phi) is 2.79. The van der Waals surface area contributed by atoms with E-state index in [4.69, 9.17) is 5.73 Å². The Hall–Kier alpha value is -0.880. The molecule has 6 heteroatoms. The first kappa shape index (κ1) is 11.6. The standard InChI is InChI=1S/C10H17N3O2S/c1-7-10(5-11)8(2)13(12-7)9-3-4-16(14,15)6-9/h9H,3-6,11H2,1-2H3. The van der Waals surface area contributed by atoms with Gasteiger partial charge in [-0.05, 0) is 20.3 Å². The minimum absolute atomic E-state index is 0.0102. The molecule has 90 valence electrons. The van der Waals surface area contributed by atoms with Crippen molar-refractivity contribution in [1.29, 1.82) is 0 Å². The summed E-state index contributed by atoms with van der Waals surface area (Å²) in [6.45, 7) is 4.32. The minimum atomic E-state index is -2.86. The zero-order chi connectivity index (χ0) is 11.9. The van der Waals surface area contributed by atoms with Crippen molar-refractivity contribution in [2.75, 3.05) is 11.5 Å². The molecule has 1 unspecified atom stereocenters. The van der Waals surface area contributed by atoms with Crippen molar-refractivity contribution in [3.05, 3.63) is 17.0 Å². The molecule has 0 saturated carbocycles. The molecule has 0 amide bonds. The monoisotopic (exact) mass is 243 g/mol. The van der Waals surface area contributed by atoms with Gasteiger partial charge in [0.1, 0.15) is 0 Å². The molecule has 2 rings (SSSR count). The highest BCUT2D eigenvalue weighted by Crippen LogP contribution is 2.26. The molecular formula is C10H17N3O2S. The van der Waals surface area contributed by atoms with Gasteiger partial charge in [0.25, 0.3) is 0 Å². The smallest absolute Gasteiger partial charge is 0.152 e. The summed E-state index contributed by atoms with van der Waals surface area (Å²) in [7, 11) is -2.86. The van der Waals surface area contributed by atoms with Crippen molar-refractivity contribution < 1.29 is 8.42 Å². The van der Waals surface area contributed by atoms with Crippen molar-refractivity contribution in [2.45, 2.75) is 32.9 Å². The van der Waals surface area contributed by atoms with Crippen molar-refractivity contribution in [2.24, 2.45) is 5.73 Å². The van der Waals surface area contributed by atoms with Gasteiger partial charge < -0.3 is 5.73 Å². The highest BCUT2D eigenvalue weighted by molar-refractivity contribution is 7.91. The third kappa shape index (κ3) is 1.87. The zero-order valence-electron chi connectivity index (χ0n) is 9.60. The third-order valence-electron chi connectivity index (χ3n) is 3.23. The molecule has 1 atom stereocenters. The molecule has 1 saturated heterocycles. The van der Waals surface area contributed by atoms with Gasteiger partial charge >= 0.3 is 0 Å². The van der Waals surface area contributed by atoms with Gasteiger partial charge in [-0.3, -0.25) is 4.68 Å². The van der Waals surface area contributed by atoms with E-state index in [1.807, 2.05) is 18.5 Å². The first-order valence-electron chi connectivity index (χ1n) is 5.39. The molecule has 1 fully saturated rings. The highest BCUT2D eigenvalue weighted by Gasteiger charge is 2.31. The topological polar surface area (TPSA) is 78.0 Å². The molecule has 1 aromatic rings. The van der Waals surface area contributed by atoms with E-state index < -0.39 is 9.84 Å². The molecule has 1 aliphatic heterocycles. The maximum Gasteiger partial charge on any atom is 0.152 e. The predicted molar refractivity (Wildman–Crippen MR) is 61.9 cm³/mol. The Labute approximate surface area is 95.6 Å². The molecule has 0 aromatic carbocycles. The summed E-state index contributed by atoms with van der Waals surface area (Å²) < 4.78 is 24.7. The molecule has 0 bridgehead atoms. The molecule has 1 aliphatic rings. The van der Waals surface area contributed by atoms with Gasteiger partial charge in [-0.2, -0.15) is 5.10 Å². The Balaban J connectivity index is 2.36. The van der Waals surface area contributed by atoms with Crippen LogP contribution in [0.15, 0.2) is 0 Å². The summed E-state index contributed by atoms with van der Waals surface area (Å²) in [4.78, 5) is 0. The van der Waals surface area contributed by atoms with Crippen LogP contribution in [0.3, 0.4) is 0 Å². The fourth-order valence-corrected chi connectivity index (χ4v) is 4.01. The number of hydrogen-bond donors (Lipinski definition) is 1. The fourth-order valence-electron chi connectivity index (χ4n) is 2.32. The van der Waals surface area contributed by atoms with Crippen LogP contribution in [-0.4, -0.2) is 29.7 Å². The van der Waals surface area contributed by atoms with Crippen LogP contribution in [0.25, 0.3) is 0 Å². The summed E-state index contributed by atoms with van der Waals surface area (Å²) >= 11 is 0. The van der Waals surface area contributed by atoms with E-state index in [1.54, 1.807) is 0 Å². The molecule has 2 N–H and O–H groups in total. The van der Waals surface area contributed by atoms with Crippen LogP contribution in [0.1, 0.15) is 29.4 Å². The maximum atomic E-state index is 11.4. The van der Waals surface area contributed by atoms with Gasteiger partial charge in [0.2, 0.25) is 0 Å². The molecule has 16 heavy (non-hydrogen) atoms. The summed E-state index contributed by atoms with van der Waals surface area (Å²) in [6, 6.07) is -0.0102. The van der Waals surface area contributed by atoms with E-state index in [0.717, 1.165) is 17.0 Å². The van der Waals surface area contributed by atoms with Crippen molar-refractivity contribution in [3.63, 3.8) is 0 Å². The van der Waals surface area contributed by atoms with E-state index in [-0.39, 0.29) is 17.5 Å². The number of rotatable bonds is 2. The van der Waals surface area contributed by atoms with Crippen LogP contribution in [-0.2, 0) is 16.4 Å². The van der Waals surface area contributed by atoms with Crippen LogP contribution >= 0.6 is 0 Å². The number of sulfone groups is 1. The second kappa shape index (κ2) is 3.85. The number of nitrogens with two attached hydrogens (primary N) is 1. The van der Waals surface area contributed by atoms with E-state index in [0.29, 0.717) is 13.0 Å². The lowest BCUT2D eigenvalue weighted by Gasteiger charge is -2.11. The third-order valence-corrected chi connectivity index (χ3v) is 4.98. The van der Waals surface area contributed by atoms with Crippen LogP contribution in [0.4, 0.5) is 0 Å². The summed E-state index contributed by atoms with van der Waals surface area (Å²) in [5.74, 6) is 0.479. The molecule has 2 heterocycles. The van der Waals surface area contributed by atoms with E-state index in [1.165, 1.54) is 0 Å². The zero-order valence-corrected chi connectivity index (χ0v) is 10.4. The average Bonchev–Trinajstić information content (AvgIpc) is 2.68.